The van der Waals surface area contributed by atoms with E-state index in [-0.39, 0.29) is 11.9 Å². The number of hydrogen-bond donors (Lipinski definition) is 1. The summed E-state index contributed by atoms with van der Waals surface area (Å²) in [5.74, 6) is 0.152. The average Bonchev–Trinajstić information content (AvgIpc) is 2.66. The van der Waals surface area contributed by atoms with Crippen molar-refractivity contribution in [2.24, 2.45) is 0 Å². The maximum Gasteiger partial charge on any atom is 0.336 e. The molecule has 27 heavy (non-hydrogen) atoms. The molecular formula is C22H22ClNO3. The number of rotatable bonds is 5. The van der Waals surface area contributed by atoms with Crippen molar-refractivity contribution in [2.75, 3.05) is 7.11 Å². The van der Waals surface area contributed by atoms with Crippen LogP contribution in [0.25, 0.3) is 0 Å². The van der Waals surface area contributed by atoms with Crippen molar-refractivity contribution < 1.29 is 14.3 Å². The molecule has 2 aromatic rings. The fourth-order valence-corrected chi connectivity index (χ4v) is 3.34. The van der Waals surface area contributed by atoms with E-state index in [1.165, 1.54) is 7.11 Å². The zero-order valence-electron chi connectivity index (χ0n) is 15.6. The summed E-state index contributed by atoms with van der Waals surface area (Å²) in [6.45, 7) is 4.27. The predicted molar refractivity (Wildman–Crippen MR) is 107 cm³/mol. The fourth-order valence-electron chi connectivity index (χ4n) is 3.22. The largest absolute Gasteiger partial charge is 0.489 e. The minimum atomic E-state index is -0.346. The van der Waals surface area contributed by atoms with E-state index in [0.29, 0.717) is 17.2 Å². The third-order valence-electron chi connectivity index (χ3n) is 4.48. The number of allylic oxidation sites excluding steroid dienone is 3. The van der Waals surface area contributed by atoms with Crippen molar-refractivity contribution in [3.63, 3.8) is 0 Å². The number of nitrogens with one attached hydrogen (secondary N) is 1. The van der Waals surface area contributed by atoms with Crippen LogP contribution in [0.4, 0.5) is 0 Å². The number of methoxy groups -OCH3 is 1. The standard InChI is InChI=1S/C22H22ClNO3/c1-14-12-19(21(15(2)24-14)22(25)26-3)18-6-4-5-7-20(18)27-13-16-8-10-17(23)11-9-16/h4-12,19,24H,13H2,1-3H3. The van der Waals surface area contributed by atoms with Crippen LogP contribution in [-0.4, -0.2) is 13.1 Å². The van der Waals surface area contributed by atoms with Gasteiger partial charge in [0.25, 0.3) is 0 Å². The second-order valence-electron chi connectivity index (χ2n) is 6.44. The molecule has 1 unspecified atom stereocenters. The quantitative estimate of drug-likeness (QED) is 0.741. The predicted octanol–water partition coefficient (Wildman–Crippen LogP) is 4.96. The number of hydrogen-bond acceptors (Lipinski definition) is 4. The van der Waals surface area contributed by atoms with Crippen LogP contribution >= 0.6 is 11.6 Å². The number of benzene rings is 2. The zero-order chi connectivity index (χ0) is 19.4. The molecule has 0 spiro atoms. The highest BCUT2D eigenvalue weighted by atomic mass is 35.5. The van der Waals surface area contributed by atoms with Crippen LogP contribution in [-0.2, 0) is 16.1 Å². The lowest BCUT2D eigenvalue weighted by molar-refractivity contribution is -0.136. The van der Waals surface area contributed by atoms with Gasteiger partial charge in [0, 0.05) is 27.9 Å². The van der Waals surface area contributed by atoms with E-state index in [2.05, 4.69) is 5.32 Å². The maximum atomic E-state index is 12.4. The maximum absolute atomic E-state index is 12.4. The van der Waals surface area contributed by atoms with Gasteiger partial charge in [-0.15, -0.1) is 0 Å². The summed E-state index contributed by atoms with van der Waals surface area (Å²) in [4.78, 5) is 12.4. The van der Waals surface area contributed by atoms with Crippen molar-refractivity contribution in [3.05, 3.63) is 87.7 Å². The van der Waals surface area contributed by atoms with Crippen molar-refractivity contribution in [2.45, 2.75) is 26.4 Å². The number of halogens is 1. The van der Waals surface area contributed by atoms with Gasteiger partial charge in [0.15, 0.2) is 0 Å². The molecule has 0 saturated heterocycles. The molecule has 140 valence electrons. The van der Waals surface area contributed by atoms with E-state index in [9.17, 15) is 4.79 Å². The van der Waals surface area contributed by atoms with Gasteiger partial charge in [0.2, 0.25) is 0 Å². The summed E-state index contributed by atoms with van der Waals surface area (Å²) in [5.41, 5.74) is 4.31. The number of para-hydroxylation sites is 1. The van der Waals surface area contributed by atoms with Crippen molar-refractivity contribution in [1.29, 1.82) is 0 Å². The minimum Gasteiger partial charge on any atom is -0.489 e. The lowest BCUT2D eigenvalue weighted by Crippen LogP contribution is -2.25. The first kappa shape index (κ1) is 19.1. The number of ether oxygens (including phenoxy) is 2. The molecule has 0 fully saturated rings. The van der Waals surface area contributed by atoms with E-state index >= 15 is 0 Å². The Hall–Kier alpha value is -2.72. The molecule has 0 aromatic heterocycles. The molecular weight excluding hydrogens is 362 g/mol. The third-order valence-corrected chi connectivity index (χ3v) is 4.74. The highest BCUT2D eigenvalue weighted by Crippen LogP contribution is 2.37. The van der Waals surface area contributed by atoms with Gasteiger partial charge >= 0.3 is 5.97 Å². The van der Waals surface area contributed by atoms with Crippen LogP contribution < -0.4 is 10.1 Å². The van der Waals surface area contributed by atoms with Gasteiger partial charge in [-0.3, -0.25) is 0 Å². The van der Waals surface area contributed by atoms with Gasteiger partial charge in [0.05, 0.1) is 12.7 Å². The Balaban J connectivity index is 1.92. The molecule has 0 aliphatic carbocycles. The van der Waals surface area contributed by atoms with Crippen molar-refractivity contribution >= 4 is 17.6 Å². The van der Waals surface area contributed by atoms with Gasteiger partial charge in [-0.1, -0.05) is 48.0 Å². The van der Waals surface area contributed by atoms with Crippen LogP contribution in [0.3, 0.4) is 0 Å². The van der Waals surface area contributed by atoms with Gasteiger partial charge in [-0.25, -0.2) is 4.79 Å². The molecule has 1 aliphatic rings. The SMILES string of the molecule is COC(=O)C1=C(C)NC(C)=CC1c1ccccc1OCc1ccc(Cl)cc1. The first-order valence-corrected chi connectivity index (χ1v) is 9.08. The fraction of sp³-hybridized carbons (Fsp3) is 0.227. The topological polar surface area (TPSA) is 47.6 Å². The molecule has 0 saturated carbocycles. The molecule has 2 aromatic carbocycles. The molecule has 0 amide bonds. The highest BCUT2D eigenvalue weighted by Gasteiger charge is 2.29. The molecule has 3 rings (SSSR count). The van der Waals surface area contributed by atoms with E-state index < -0.39 is 0 Å². The minimum absolute atomic E-state index is 0.236. The Labute approximate surface area is 164 Å². The molecule has 1 heterocycles. The lowest BCUT2D eigenvalue weighted by atomic mass is 9.86. The van der Waals surface area contributed by atoms with Crippen LogP contribution in [0, 0.1) is 0 Å². The number of dihydropyridines is 1. The second kappa shape index (κ2) is 8.31. The molecule has 1 aliphatic heterocycles. The molecule has 1 atom stereocenters. The van der Waals surface area contributed by atoms with Crippen LogP contribution in [0.5, 0.6) is 5.75 Å². The smallest absolute Gasteiger partial charge is 0.336 e. The summed E-state index contributed by atoms with van der Waals surface area (Å²) >= 11 is 5.94. The van der Waals surface area contributed by atoms with Gasteiger partial charge in [-0.2, -0.15) is 0 Å². The van der Waals surface area contributed by atoms with Crippen LogP contribution in [0.15, 0.2) is 71.6 Å². The first-order valence-electron chi connectivity index (χ1n) is 8.70. The van der Waals surface area contributed by atoms with Gasteiger partial charge in [-0.05, 0) is 37.6 Å². The molecule has 1 N–H and O–H groups in total. The van der Waals surface area contributed by atoms with Crippen molar-refractivity contribution in [1.82, 2.24) is 5.32 Å². The summed E-state index contributed by atoms with van der Waals surface area (Å²) in [6, 6.07) is 15.3. The summed E-state index contributed by atoms with van der Waals surface area (Å²) in [7, 11) is 1.40. The molecule has 0 bridgehead atoms. The highest BCUT2D eigenvalue weighted by molar-refractivity contribution is 6.30. The van der Waals surface area contributed by atoms with E-state index in [1.54, 1.807) is 0 Å². The summed E-state index contributed by atoms with van der Waals surface area (Å²) in [5, 5.41) is 3.91. The third kappa shape index (κ3) is 4.34. The Morgan fingerprint density at radius 3 is 2.52 bits per heavy atom. The van der Waals surface area contributed by atoms with Gasteiger partial charge < -0.3 is 14.8 Å². The number of carbonyl (C=O) groups excluding carboxylic acids is 1. The van der Waals surface area contributed by atoms with E-state index in [0.717, 1.165) is 28.3 Å². The monoisotopic (exact) mass is 383 g/mol. The van der Waals surface area contributed by atoms with Crippen molar-refractivity contribution in [3.8, 4) is 5.75 Å². The Bertz CT molecular complexity index is 900. The first-order chi connectivity index (χ1) is 13.0. The number of esters is 1. The lowest BCUT2D eigenvalue weighted by Gasteiger charge is -2.26. The number of carbonyl (C=O) groups is 1. The average molecular weight is 384 g/mol. The Morgan fingerprint density at radius 2 is 1.81 bits per heavy atom. The Morgan fingerprint density at radius 1 is 1.11 bits per heavy atom. The molecule has 4 nitrogen and oxygen atoms in total. The second-order valence-corrected chi connectivity index (χ2v) is 6.87. The van der Waals surface area contributed by atoms with Gasteiger partial charge in [0.1, 0.15) is 12.4 Å². The Kier molecular flexibility index (Phi) is 5.87. The molecule has 5 heteroatoms. The van der Waals surface area contributed by atoms with E-state index in [4.69, 9.17) is 21.1 Å². The summed E-state index contributed by atoms with van der Waals surface area (Å²) < 4.78 is 11.1. The van der Waals surface area contributed by atoms with Crippen LogP contribution in [0.1, 0.15) is 30.9 Å². The summed E-state index contributed by atoms with van der Waals surface area (Å²) in [6.07, 6.45) is 2.02. The van der Waals surface area contributed by atoms with Crippen LogP contribution in [0.2, 0.25) is 5.02 Å². The normalized spacial score (nSPS) is 16.4. The molecule has 0 radical (unpaired) electrons. The van der Waals surface area contributed by atoms with E-state index in [1.807, 2.05) is 68.5 Å². The zero-order valence-corrected chi connectivity index (χ0v) is 16.3.